The van der Waals surface area contributed by atoms with E-state index in [9.17, 15) is 4.79 Å². The van der Waals surface area contributed by atoms with Crippen LogP contribution in [0.15, 0.2) is 12.3 Å². The zero-order valence-corrected chi connectivity index (χ0v) is 9.35. The van der Waals surface area contributed by atoms with Gasteiger partial charge in [-0.15, -0.1) is 0 Å². The van der Waals surface area contributed by atoms with E-state index in [1.54, 1.807) is 16.9 Å². The number of rotatable bonds is 3. The van der Waals surface area contributed by atoms with Crippen molar-refractivity contribution in [1.29, 1.82) is 0 Å². The van der Waals surface area contributed by atoms with Crippen LogP contribution in [0, 0.1) is 0 Å². The van der Waals surface area contributed by atoms with Gasteiger partial charge in [0.1, 0.15) is 12.4 Å². The number of hydrogen-bond acceptors (Lipinski definition) is 3. The molecule has 1 aliphatic rings. The van der Waals surface area contributed by atoms with Gasteiger partial charge >= 0.3 is 0 Å². The molecule has 5 nitrogen and oxygen atoms in total. The van der Waals surface area contributed by atoms with Crippen LogP contribution in [0.5, 0.6) is 0 Å². The minimum atomic E-state index is 0.0231. The van der Waals surface area contributed by atoms with Crippen molar-refractivity contribution in [3.8, 4) is 0 Å². The maximum absolute atomic E-state index is 11.7. The van der Waals surface area contributed by atoms with Crippen LogP contribution in [0.2, 0.25) is 0 Å². The summed E-state index contributed by atoms with van der Waals surface area (Å²) in [5.74, 6) is 0.473. The van der Waals surface area contributed by atoms with Crippen molar-refractivity contribution in [1.82, 2.24) is 15.1 Å². The van der Waals surface area contributed by atoms with Gasteiger partial charge in [-0.1, -0.05) is 19.3 Å². The minimum absolute atomic E-state index is 0.0231. The molecule has 88 valence electrons. The molecule has 16 heavy (non-hydrogen) atoms. The van der Waals surface area contributed by atoms with Crippen molar-refractivity contribution < 1.29 is 4.79 Å². The van der Waals surface area contributed by atoms with Gasteiger partial charge in [0.15, 0.2) is 0 Å². The molecule has 0 unspecified atom stereocenters. The van der Waals surface area contributed by atoms with E-state index < -0.39 is 0 Å². The summed E-state index contributed by atoms with van der Waals surface area (Å²) in [5, 5.41) is 7.01. The average molecular weight is 222 g/mol. The molecule has 0 aromatic carbocycles. The summed E-state index contributed by atoms with van der Waals surface area (Å²) in [6, 6.07) is 2.04. The zero-order valence-electron chi connectivity index (χ0n) is 9.35. The van der Waals surface area contributed by atoms with Gasteiger partial charge in [0.25, 0.3) is 0 Å². The van der Waals surface area contributed by atoms with E-state index in [1.165, 1.54) is 19.3 Å². The van der Waals surface area contributed by atoms with E-state index in [-0.39, 0.29) is 12.5 Å². The van der Waals surface area contributed by atoms with Gasteiger partial charge in [0.05, 0.1) is 0 Å². The van der Waals surface area contributed by atoms with Crippen LogP contribution in [-0.2, 0) is 11.3 Å². The lowest BCUT2D eigenvalue weighted by Gasteiger charge is -2.22. The molecule has 3 N–H and O–H groups in total. The second kappa shape index (κ2) is 5.01. The summed E-state index contributed by atoms with van der Waals surface area (Å²) in [6.45, 7) is 0.258. The minimum Gasteiger partial charge on any atom is -0.382 e. The highest BCUT2D eigenvalue weighted by Gasteiger charge is 2.15. The van der Waals surface area contributed by atoms with Gasteiger partial charge in [-0.05, 0) is 18.9 Å². The molecule has 1 saturated carbocycles. The summed E-state index contributed by atoms with van der Waals surface area (Å²) in [5.41, 5.74) is 5.47. The molecule has 1 amide bonds. The van der Waals surface area contributed by atoms with E-state index in [0.29, 0.717) is 11.9 Å². The van der Waals surface area contributed by atoms with E-state index >= 15 is 0 Å². The van der Waals surface area contributed by atoms with Gasteiger partial charge in [-0.2, -0.15) is 5.10 Å². The lowest BCUT2D eigenvalue weighted by molar-refractivity contribution is -0.122. The first-order valence-corrected chi connectivity index (χ1v) is 5.82. The van der Waals surface area contributed by atoms with Crippen molar-refractivity contribution in [3.05, 3.63) is 12.3 Å². The number of nitrogens with two attached hydrogens (primary N) is 1. The fraction of sp³-hybridized carbons (Fsp3) is 0.636. The summed E-state index contributed by atoms with van der Waals surface area (Å²) in [4.78, 5) is 11.7. The predicted molar refractivity (Wildman–Crippen MR) is 61.7 cm³/mol. The molecular formula is C11H18N4O. The van der Waals surface area contributed by atoms with Crippen LogP contribution in [0.3, 0.4) is 0 Å². The highest BCUT2D eigenvalue weighted by atomic mass is 16.2. The first-order valence-electron chi connectivity index (χ1n) is 5.82. The fourth-order valence-corrected chi connectivity index (χ4v) is 2.13. The normalized spacial score (nSPS) is 17.2. The Morgan fingerprint density at radius 3 is 2.88 bits per heavy atom. The Morgan fingerprint density at radius 1 is 1.50 bits per heavy atom. The third-order valence-electron chi connectivity index (χ3n) is 2.94. The van der Waals surface area contributed by atoms with Crippen molar-refractivity contribution in [2.45, 2.75) is 44.7 Å². The number of nitrogens with one attached hydrogen (secondary N) is 1. The topological polar surface area (TPSA) is 72.9 Å². The van der Waals surface area contributed by atoms with Crippen LogP contribution in [0.4, 0.5) is 5.82 Å². The molecule has 1 aromatic rings. The molecule has 0 saturated heterocycles. The number of nitrogen functional groups attached to an aromatic ring is 1. The van der Waals surface area contributed by atoms with E-state index in [1.807, 2.05) is 0 Å². The molecule has 2 rings (SSSR count). The van der Waals surface area contributed by atoms with E-state index in [0.717, 1.165) is 12.8 Å². The number of aromatic nitrogens is 2. The van der Waals surface area contributed by atoms with Crippen LogP contribution in [0.1, 0.15) is 32.1 Å². The van der Waals surface area contributed by atoms with Gasteiger partial charge in [-0.3, -0.25) is 9.48 Å². The second-order valence-electron chi connectivity index (χ2n) is 4.34. The summed E-state index contributed by atoms with van der Waals surface area (Å²) >= 11 is 0. The predicted octanol–water partition coefficient (Wildman–Crippen LogP) is 0.914. The second-order valence-corrected chi connectivity index (χ2v) is 4.34. The number of nitrogens with zero attached hydrogens (tertiary/aromatic N) is 2. The smallest absolute Gasteiger partial charge is 0.241 e. The molecule has 1 heterocycles. The Balaban J connectivity index is 1.79. The molecule has 1 aromatic heterocycles. The molecule has 5 heteroatoms. The fourth-order valence-electron chi connectivity index (χ4n) is 2.13. The van der Waals surface area contributed by atoms with Crippen LogP contribution in [-0.4, -0.2) is 21.7 Å². The first-order chi connectivity index (χ1) is 7.74. The third-order valence-corrected chi connectivity index (χ3v) is 2.94. The monoisotopic (exact) mass is 222 g/mol. The van der Waals surface area contributed by atoms with Crippen molar-refractivity contribution in [2.24, 2.45) is 0 Å². The standard InChI is InChI=1S/C11H18N4O/c12-10-6-7-15(14-10)8-11(16)13-9-4-2-1-3-5-9/h6-7,9H,1-5,8H2,(H2,12,14)(H,13,16). The molecule has 1 aliphatic carbocycles. The van der Waals surface area contributed by atoms with Crippen LogP contribution >= 0.6 is 0 Å². The largest absolute Gasteiger partial charge is 0.382 e. The molecule has 1 fully saturated rings. The van der Waals surface area contributed by atoms with Crippen molar-refractivity contribution >= 4 is 11.7 Å². The molecule has 0 spiro atoms. The molecule has 0 atom stereocenters. The summed E-state index contributed by atoms with van der Waals surface area (Å²) in [7, 11) is 0. The lowest BCUT2D eigenvalue weighted by atomic mass is 9.95. The molecule has 0 radical (unpaired) electrons. The first kappa shape index (κ1) is 11.0. The van der Waals surface area contributed by atoms with Crippen molar-refractivity contribution in [3.63, 3.8) is 0 Å². The van der Waals surface area contributed by atoms with Gasteiger partial charge in [0, 0.05) is 12.2 Å². The quantitative estimate of drug-likeness (QED) is 0.798. The number of hydrogen-bond donors (Lipinski definition) is 2. The molecule has 0 bridgehead atoms. The van der Waals surface area contributed by atoms with Crippen LogP contribution in [0.25, 0.3) is 0 Å². The Hall–Kier alpha value is -1.52. The lowest BCUT2D eigenvalue weighted by Crippen LogP contribution is -2.38. The summed E-state index contributed by atoms with van der Waals surface area (Å²) < 4.78 is 1.56. The number of anilines is 1. The molecule has 0 aliphatic heterocycles. The number of amides is 1. The molecular weight excluding hydrogens is 204 g/mol. The van der Waals surface area contributed by atoms with Crippen molar-refractivity contribution in [2.75, 3.05) is 5.73 Å². The average Bonchev–Trinajstić information content (AvgIpc) is 2.65. The van der Waals surface area contributed by atoms with E-state index in [4.69, 9.17) is 5.73 Å². The van der Waals surface area contributed by atoms with E-state index in [2.05, 4.69) is 10.4 Å². The number of carbonyl (C=O) groups is 1. The maximum Gasteiger partial charge on any atom is 0.241 e. The third kappa shape index (κ3) is 2.98. The van der Waals surface area contributed by atoms with Gasteiger partial charge in [-0.25, -0.2) is 0 Å². The Kier molecular flexibility index (Phi) is 3.44. The highest BCUT2D eigenvalue weighted by Crippen LogP contribution is 2.17. The SMILES string of the molecule is Nc1ccn(CC(=O)NC2CCCCC2)n1. The summed E-state index contributed by atoms with van der Waals surface area (Å²) in [6.07, 6.45) is 7.66. The van der Waals surface area contributed by atoms with Gasteiger partial charge in [0.2, 0.25) is 5.91 Å². The van der Waals surface area contributed by atoms with Gasteiger partial charge < -0.3 is 11.1 Å². The Bertz CT molecular complexity index is 355. The number of carbonyl (C=O) groups excluding carboxylic acids is 1. The van der Waals surface area contributed by atoms with Crippen LogP contribution < -0.4 is 11.1 Å². The maximum atomic E-state index is 11.7. The highest BCUT2D eigenvalue weighted by molar-refractivity contribution is 5.76. The Morgan fingerprint density at radius 2 is 2.25 bits per heavy atom. The zero-order chi connectivity index (χ0) is 11.4. The Labute approximate surface area is 95.0 Å².